The van der Waals surface area contributed by atoms with Gasteiger partial charge in [0.15, 0.2) is 0 Å². The van der Waals surface area contributed by atoms with Crippen LogP contribution in [-0.2, 0) is 13.0 Å². The highest BCUT2D eigenvalue weighted by molar-refractivity contribution is 9.10. The van der Waals surface area contributed by atoms with Crippen molar-refractivity contribution in [3.05, 3.63) is 38.3 Å². The molecule has 17 heavy (non-hydrogen) atoms. The zero-order valence-corrected chi connectivity index (χ0v) is 12.3. The van der Waals surface area contributed by atoms with Gasteiger partial charge in [0.1, 0.15) is 6.10 Å². The zero-order chi connectivity index (χ0) is 12.4. The number of aryl methyl sites for hydroxylation is 2. The predicted octanol–water partition coefficient (Wildman–Crippen LogP) is 3.31. The summed E-state index contributed by atoms with van der Waals surface area (Å²) in [5.74, 6) is 0. The summed E-state index contributed by atoms with van der Waals surface area (Å²) in [6, 6.07) is 3.96. The molecule has 0 radical (unpaired) electrons. The minimum atomic E-state index is -0.494. The van der Waals surface area contributed by atoms with E-state index in [-0.39, 0.29) is 0 Å². The molecule has 0 aliphatic rings. The fourth-order valence-electron chi connectivity index (χ4n) is 1.84. The Balaban J connectivity index is 2.19. The number of hydrogen-bond donors (Lipinski definition) is 1. The summed E-state index contributed by atoms with van der Waals surface area (Å²) in [6.07, 6.45) is 0.134. The van der Waals surface area contributed by atoms with E-state index in [9.17, 15) is 5.11 Å². The predicted molar refractivity (Wildman–Crippen MR) is 73.3 cm³/mol. The van der Waals surface area contributed by atoms with Crippen molar-refractivity contribution < 1.29 is 5.11 Å². The van der Waals surface area contributed by atoms with Crippen LogP contribution in [0, 0.1) is 6.92 Å². The molecule has 0 amide bonds. The molecule has 0 aromatic carbocycles. The van der Waals surface area contributed by atoms with Gasteiger partial charge < -0.3 is 5.11 Å². The van der Waals surface area contributed by atoms with E-state index in [0.29, 0.717) is 6.42 Å². The number of nitrogens with zero attached hydrogens (tertiary/aromatic N) is 2. The minimum absolute atomic E-state index is 0.494. The number of aliphatic hydroxyl groups excluding tert-OH is 1. The summed E-state index contributed by atoms with van der Waals surface area (Å²) >= 11 is 5.14. The van der Waals surface area contributed by atoms with E-state index >= 15 is 0 Å². The van der Waals surface area contributed by atoms with E-state index in [1.807, 2.05) is 36.0 Å². The summed E-state index contributed by atoms with van der Waals surface area (Å²) < 4.78 is 2.93. The Hall–Kier alpha value is -0.650. The van der Waals surface area contributed by atoms with Gasteiger partial charge in [0.25, 0.3) is 0 Å². The Labute approximate surface area is 113 Å². The number of aliphatic hydroxyl groups is 1. The molecular weight excluding hydrogens is 300 g/mol. The van der Waals surface area contributed by atoms with E-state index < -0.39 is 6.10 Å². The largest absolute Gasteiger partial charge is 0.386 e. The van der Waals surface area contributed by atoms with Crippen LogP contribution in [0.15, 0.2) is 22.0 Å². The van der Waals surface area contributed by atoms with Crippen LogP contribution in [0.1, 0.15) is 29.3 Å². The summed E-state index contributed by atoms with van der Waals surface area (Å²) in [6.45, 7) is 4.76. The maximum atomic E-state index is 10.3. The van der Waals surface area contributed by atoms with Gasteiger partial charge in [-0.25, -0.2) is 0 Å². The molecule has 0 spiro atoms. The second-order valence-corrected chi connectivity index (χ2v) is 5.79. The number of hydrogen-bond acceptors (Lipinski definition) is 3. The fraction of sp³-hybridized carbons (Fsp3) is 0.417. The molecule has 92 valence electrons. The molecule has 3 nitrogen and oxygen atoms in total. The molecule has 0 fully saturated rings. The Kier molecular flexibility index (Phi) is 4.01. The molecule has 0 aliphatic carbocycles. The van der Waals surface area contributed by atoms with Gasteiger partial charge in [0, 0.05) is 22.3 Å². The summed E-state index contributed by atoms with van der Waals surface area (Å²) in [5, 5.41) is 16.6. The van der Waals surface area contributed by atoms with Crippen LogP contribution < -0.4 is 0 Å². The standard InChI is InChI=1S/C12H15BrN2OS/c1-3-15-10(6-8(2)14-15)11(16)7-12-9(13)4-5-17-12/h4-6,11,16H,3,7H2,1-2H3. The van der Waals surface area contributed by atoms with Gasteiger partial charge >= 0.3 is 0 Å². The summed E-state index contributed by atoms with van der Waals surface area (Å²) in [5.41, 5.74) is 1.84. The van der Waals surface area contributed by atoms with Crippen molar-refractivity contribution in [3.63, 3.8) is 0 Å². The fourth-order valence-corrected chi connectivity index (χ4v) is 3.39. The zero-order valence-electron chi connectivity index (χ0n) is 9.85. The molecule has 2 rings (SSSR count). The maximum absolute atomic E-state index is 10.3. The molecule has 0 saturated carbocycles. The first kappa shape index (κ1) is 12.8. The molecule has 0 aliphatic heterocycles. The highest BCUT2D eigenvalue weighted by Gasteiger charge is 2.16. The molecule has 2 heterocycles. The lowest BCUT2D eigenvalue weighted by Gasteiger charge is -2.11. The third-order valence-corrected chi connectivity index (χ3v) is 4.59. The topological polar surface area (TPSA) is 38.0 Å². The first-order valence-electron chi connectivity index (χ1n) is 5.56. The van der Waals surface area contributed by atoms with Crippen molar-refractivity contribution in [2.24, 2.45) is 0 Å². The first-order valence-corrected chi connectivity index (χ1v) is 7.23. The van der Waals surface area contributed by atoms with Crippen molar-refractivity contribution in [3.8, 4) is 0 Å². The first-order chi connectivity index (χ1) is 8.11. The van der Waals surface area contributed by atoms with Gasteiger partial charge in [0.2, 0.25) is 0 Å². The molecule has 1 N–H and O–H groups in total. The lowest BCUT2D eigenvalue weighted by atomic mass is 10.1. The second kappa shape index (κ2) is 5.33. The Bertz CT molecular complexity index is 506. The number of halogens is 1. The van der Waals surface area contributed by atoms with E-state index in [2.05, 4.69) is 21.0 Å². The maximum Gasteiger partial charge on any atom is 0.100 e. The smallest absolute Gasteiger partial charge is 0.100 e. The van der Waals surface area contributed by atoms with E-state index in [4.69, 9.17) is 0 Å². The van der Waals surface area contributed by atoms with Crippen molar-refractivity contribution in [2.45, 2.75) is 32.9 Å². The third-order valence-electron chi connectivity index (χ3n) is 2.64. The van der Waals surface area contributed by atoms with Gasteiger partial charge in [-0.1, -0.05) is 0 Å². The SMILES string of the molecule is CCn1nc(C)cc1C(O)Cc1sccc1Br. The van der Waals surface area contributed by atoms with Gasteiger partial charge in [0.05, 0.1) is 11.4 Å². The van der Waals surface area contributed by atoms with Crippen LogP contribution in [-0.4, -0.2) is 14.9 Å². The van der Waals surface area contributed by atoms with Crippen LogP contribution in [0.5, 0.6) is 0 Å². The van der Waals surface area contributed by atoms with Gasteiger partial charge in [-0.3, -0.25) is 4.68 Å². The van der Waals surface area contributed by atoms with Crippen molar-refractivity contribution in [2.75, 3.05) is 0 Å². The Morgan fingerprint density at radius 2 is 2.35 bits per heavy atom. The average molecular weight is 315 g/mol. The molecule has 1 unspecified atom stereocenters. The summed E-state index contributed by atoms with van der Waals surface area (Å²) in [7, 11) is 0. The van der Waals surface area contributed by atoms with Gasteiger partial charge in [-0.2, -0.15) is 5.10 Å². The van der Waals surface area contributed by atoms with Crippen LogP contribution in [0.4, 0.5) is 0 Å². The molecular formula is C12H15BrN2OS. The molecule has 1 atom stereocenters. The normalized spacial score (nSPS) is 12.9. The van der Waals surface area contributed by atoms with E-state index in [0.717, 1.165) is 22.4 Å². The average Bonchev–Trinajstić information content (AvgIpc) is 2.85. The number of aromatic nitrogens is 2. The minimum Gasteiger partial charge on any atom is -0.386 e. The van der Waals surface area contributed by atoms with Crippen LogP contribution >= 0.6 is 27.3 Å². The van der Waals surface area contributed by atoms with Crippen molar-refractivity contribution in [1.82, 2.24) is 9.78 Å². The highest BCUT2D eigenvalue weighted by Crippen LogP contribution is 2.28. The number of rotatable bonds is 4. The number of thiophene rings is 1. The van der Waals surface area contributed by atoms with E-state index in [1.54, 1.807) is 11.3 Å². The molecule has 5 heteroatoms. The Morgan fingerprint density at radius 3 is 2.94 bits per heavy atom. The van der Waals surface area contributed by atoms with Crippen LogP contribution in [0.25, 0.3) is 0 Å². The highest BCUT2D eigenvalue weighted by atomic mass is 79.9. The van der Waals surface area contributed by atoms with E-state index in [1.165, 1.54) is 4.88 Å². The third kappa shape index (κ3) is 2.78. The lowest BCUT2D eigenvalue weighted by molar-refractivity contribution is 0.168. The van der Waals surface area contributed by atoms with Crippen LogP contribution in [0.2, 0.25) is 0 Å². The molecule has 2 aromatic heterocycles. The van der Waals surface area contributed by atoms with Crippen molar-refractivity contribution >= 4 is 27.3 Å². The molecule has 0 saturated heterocycles. The molecule has 0 bridgehead atoms. The van der Waals surface area contributed by atoms with Gasteiger partial charge in [-0.15, -0.1) is 11.3 Å². The summed E-state index contributed by atoms with van der Waals surface area (Å²) in [4.78, 5) is 1.17. The second-order valence-electron chi connectivity index (χ2n) is 3.94. The Morgan fingerprint density at radius 1 is 1.59 bits per heavy atom. The van der Waals surface area contributed by atoms with Crippen molar-refractivity contribution in [1.29, 1.82) is 0 Å². The monoisotopic (exact) mass is 314 g/mol. The quantitative estimate of drug-likeness (QED) is 0.940. The van der Waals surface area contributed by atoms with Crippen LogP contribution in [0.3, 0.4) is 0 Å². The molecule has 2 aromatic rings. The lowest BCUT2D eigenvalue weighted by Crippen LogP contribution is -2.09. The van der Waals surface area contributed by atoms with Gasteiger partial charge in [-0.05, 0) is 47.3 Å².